The number of aromatic nitrogens is 1. The van der Waals surface area contributed by atoms with E-state index in [4.69, 9.17) is 9.52 Å². The number of thioether (sulfide) groups is 1. The molecule has 0 unspecified atom stereocenters. The van der Waals surface area contributed by atoms with Gasteiger partial charge in [0.2, 0.25) is 5.76 Å². The van der Waals surface area contributed by atoms with E-state index < -0.39 is 5.97 Å². The summed E-state index contributed by atoms with van der Waals surface area (Å²) < 4.78 is 18.8. The second-order valence-electron chi connectivity index (χ2n) is 4.35. The van der Waals surface area contributed by atoms with Crippen LogP contribution in [-0.2, 0) is 5.75 Å². The van der Waals surface area contributed by atoms with Crippen LogP contribution in [0.4, 0.5) is 4.39 Å². The molecule has 0 atom stereocenters. The Morgan fingerprint density at radius 2 is 2.19 bits per heavy atom. The maximum absolute atomic E-state index is 13.6. The highest BCUT2D eigenvalue weighted by Gasteiger charge is 2.11. The molecule has 21 heavy (non-hydrogen) atoms. The highest BCUT2D eigenvalue weighted by Crippen LogP contribution is 2.28. The minimum absolute atomic E-state index is 0.111. The number of aromatic carboxylic acids is 1. The Balaban J connectivity index is 1.86. The first kappa shape index (κ1) is 13.6. The van der Waals surface area contributed by atoms with Crippen molar-refractivity contribution >= 4 is 28.6 Å². The highest BCUT2D eigenvalue weighted by atomic mass is 32.2. The molecule has 0 aliphatic rings. The molecular weight excluding hydrogens is 293 g/mol. The highest BCUT2D eigenvalue weighted by molar-refractivity contribution is 7.98. The molecule has 6 heteroatoms. The Labute approximate surface area is 123 Å². The Morgan fingerprint density at radius 1 is 1.33 bits per heavy atom. The Morgan fingerprint density at radius 3 is 2.95 bits per heavy atom. The zero-order chi connectivity index (χ0) is 14.8. The van der Waals surface area contributed by atoms with E-state index in [1.165, 1.54) is 30.0 Å². The van der Waals surface area contributed by atoms with Crippen LogP contribution >= 0.6 is 11.8 Å². The van der Waals surface area contributed by atoms with E-state index in [0.717, 1.165) is 16.5 Å². The van der Waals surface area contributed by atoms with Gasteiger partial charge < -0.3 is 9.52 Å². The van der Waals surface area contributed by atoms with Gasteiger partial charge in [0.25, 0.3) is 0 Å². The van der Waals surface area contributed by atoms with Crippen molar-refractivity contribution in [1.29, 1.82) is 0 Å². The summed E-state index contributed by atoms with van der Waals surface area (Å²) in [5, 5.41) is 10.0. The smallest absolute Gasteiger partial charge is 0.371 e. The molecule has 0 fully saturated rings. The fourth-order valence-corrected chi connectivity index (χ4v) is 2.83. The lowest BCUT2D eigenvalue weighted by molar-refractivity contribution is 0.0656. The van der Waals surface area contributed by atoms with Crippen LogP contribution in [0.25, 0.3) is 10.9 Å². The molecule has 0 radical (unpaired) electrons. The van der Waals surface area contributed by atoms with Crippen LogP contribution in [0.2, 0.25) is 0 Å². The molecule has 4 nitrogen and oxygen atoms in total. The normalized spacial score (nSPS) is 10.9. The van der Waals surface area contributed by atoms with Gasteiger partial charge in [-0.1, -0.05) is 17.8 Å². The second-order valence-corrected chi connectivity index (χ2v) is 5.33. The average Bonchev–Trinajstić information content (AvgIpc) is 2.93. The van der Waals surface area contributed by atoms with E-state index in [1.54, 1.807) is 24.4 Å². The first-order valence-electron chi connectivity index (χ1n) is 6.12. The second kappa shape index (κ2) is 5.57. The van der Waals surface area contributed by atoms with Gasteiger partial charge in [0.05, 0.1) is 5.52 Å². The summed E-state index contributed by atoms with van der Waals surface area (Å²) in [6.07, 6.45) is 1.66. The molecule has 2 aromatic heterocycles. The molecule has 0 bridgehead atoms. The topological polar surface area (TPSA) is 63.3 Å². The lowest BCUT2D eigenvalue weighted by atomic mass is 10.1. The largest absolute Gasteiger partial charge is 0.475 e. The molecule has 0 aliphatic heterocycles. The molecule has 3 aromatic rings. The van der Waals surface area contributed by atoms with Gasteiger partial charge in [-0.2, -0.15) is 0 Å². The predicted molar refractivity (Wildman–Crippen MR) is 76.9 cm³/mol. The third-order valence-electron chi connectivity index (χ3n) is 2.91. The van der Waals surface area contributed by atoms with Crippen LogP contribution < -0.4 is 0 Å². The number of rotatable bonds is 4. The third-order valence-corrected chi connectivity index (χ3v) is 3.87. The quantitative estimate of drug-likeness (QED) is 0.739. The summed E-state index contributed by atoms with van der Waals surface area (Å²) >= 11 is 1.30. The van der Waals surface area contributed by atoms with E-state index in [1.807, 2.05) is 0 Å². The molecule has 3 rings (SSSR count). The summed E-state index contributed by atoms with van der Waals surface area (Å²) in [6, 6.07) is 9.41. The summed E-state index contributed by atoms with van der Waals surface area (Å²) in [7, 11) is 0. The van der Waals surface area contributed by atoms with Crippen LogP contribution in [0, 0.1) is 5.82 Å². The number of carboxylic acids is 1. The van der Waals surface area contributed by atoms with Crippen LogP contribution in [-0.4, -0.2) is 16.1 Å². The van der Waals surface area contributed by atoms with Crippen molar-refractivity contribution in [1.82, 2.24) is 4.98 Å². The number of nitrogens with zero attached hydrogens (tertiary/aromatic N) is 1. The lowest BCUT2D eigenvalue weighted by Gasteiger charge is -2.05. The van der Waals surface area contributed by atoms with Crippen molar-refractivity contribution in [3.63, 3.8) is 0 Å². The van der Waals surface area contributed by atoms with E-state index in [2.05, 4.69) is 4.98 Å². The standard InChI is InChI=1S/C15H10FNO3S/c16-11-6-9-2-1-5-17-14(9)10(7-11)8-21-13-4-3-12(20-13)15(18)19/h1-7H,8H2,(H,18,19). The van der Waals surface area contributed by atoms with Gasteiger partial charge in [-0.15, -0.1) is 0 Å². The molecule has 0 aliphatic carbocycles. The van der Waals surface area contributed by atoms with E-state index in [9.17, 15) is 9.18 Å². The number of pyridine rings is 1. The van der Waals surface area contributed by atoms with Crippen LogP contribution in [0.5, 0.6) is 0 Å². The fourth-order valence-electron chi connectivity index (χ4n) is 2.00. The van der Waals surface area contributed by atoms with Crippen molar-refractivity contribution in [2.24, 2.45) is 0 Å². The predicted octanol–water partition coefficient (Wildman–Crippen LogP) is 3.96. The summed E-state index contributed by atoms with van der Waals surface area (Å²) in [6.45, 7) is 0. The first-order chi connectivity index (χ1) is 10.1. The minimum atomic E-state index is -1.11. The van der Waals surface area contributed by atoms with Crippen molar-refractivity contribution in [2.45, 2.75) is 10.8 Å². The minimum Gasteiger partial charge on any atom is -0.475 e. The average molecular weight is 303 g/mol. The van der Waals surface area contributed by atoms with Gasteiger partial charge in [0, 0.05) is 17.3 Å². The summed E-state index contributed by atoms with van der Waals surface area (Å²) in [5.74, 6) is -1.10. The number of carbonyl (C=O) groups is 1. The van der Waals surface area contributed by atoms with E-state index >= 15 is 0 Å². The molecule has 1 N–H and O–H groups in total. The third kappa shape index (κ3) is 2.90. The van der Waals surface area contributed by atoms with Gasteiger partial charge >= 0.3 is 5.97 Å². The molecule has 1 aromatic carbocycles. The van der Waals surface area contributed by atoms with Crippen molar-refractivity contribution < 1.29 is 18.7 Å². The Hall–Kier alpha value is -2.34. The number of carboxylic acid groups (broad SMARTS) is 1. The van der Waals surface area contributed by atoms with Gasteiger partial charge in [0.1, 0.15) is 5.82 Å². The van der Waals surface area contributed by atoms with E-state index in [-0.39, 0.29) is 11.6 Å². The number of fused-ring (bicyclic) bond motifs is 1. The summed E-state index contributed by atoms with van der Waals surface area (Å²) in [4.78, 5) is 15.0. The fraction of sp³-hybridized carbons (Fsp3) is 0.0667. The van der Waals surface area contributed by atoms with Crippen molar-refractivity contribution in [3.05, 3.63) is 59.7 Å². The van der Waals surface area contributed by atoms with E-state index in [0.29, 0.717) is 10.8 Å². The first-order valence-corrected chi connectivity index (χ1v) is 7.11. The molecular formula is C15H10FNO3S. The maximum Gasteiger partial charge on any atom is 0.371 e. The molecule has 0 saturated carbocycles. The van der Waals surface area contributed by atoms with Crippen LogP contribution in [0.15, 0.2) is 52.1 Å². The zero-order valence-corrected chi connectivity index (χ0v) is 11.6. The Kier molecular flexibility index (Phi) is 3.62. The van der Waals surface area contributed by atoms with Crippen LogP contribution in [0.1, 0.15) is 16.1 Å². The van der Waals surface area contributed by atoms with Crippen LogP contribution in [0.3, 0.4) is 0 Å². The molecule has 0 spiro atoms. The number of hydrogen-bond acceptors (Lipinski definition) is 4. The number of benzene rings is 1. The number of furan rings is 1. The van der Waals surface area contributed by atoms with Gasteiger partial charge in [-0.3, -0.25) is 4.98 Å². The Bertz CT molecular complexity index is 816. The van der Waals surface area contributed by atoms with Gasteiger partial charge in [-0.05, 0) is 35.9 Å². The monoisotopic (exact) mass is 303 g/mol. The van der Waals surface area contributed by atoms with Gasteiger partial charge in [0.15, 0.2) is 5.09 Å². The molecule has 0 saturated heterocycles. The number of halogens is 1. The molecule has 106 valence electrons. The van der Waals surface area contributed by atoms with Crippen molar-refractivity contribution in [2.75, 3.05) is 0 Å². The molecule has 2 heterocycles. The SMILES string of the molecule is O=C(O)c1ccc(SCc2cc(F)cc3cccnc23)o1. The molecule has 0 amide bonds. The number of hydrogen-bond donors (Lipinski definition) is 1. The lowest BCUT2D eigenvalue weighted by Crippen LogP contribution is -1.91. The zero-order valence-electron chi connectivity index (χ0n) is 10.7. The summed E-state index contributed by atoms with van der Waals surface area (Å²) in [5.41, 5.74) is 1.47. The van der Waals surface area contributed by atoms with Gasteiger partial charge in [-0.25, -0.2) is 9.18 Å². The maximum atomic E-state index is 13.6. The van der Waals surface area contributed by atoms with Crippen molar-refractivity contribution in [3.8, 4) is 0 Å².